The molecule has 0 fully saturated rings. The van der Waals surface area contributed by atoms with Gasteiger partial charge in [-0.15, -0.1) is 11.3 Å². The van der Waals surface area contributed by atoms with Crippen molar-refractivity contribution in [2.75, 3.05) is 0 Å². The minimum absolute atomic E-state index is 0.205. The van der Waals surface area contributed by atoms with Gasteiger partial charge in [0.2, 0.25) is 5.43 Å². The standard InChI is InChI=1S/C10H9NO3S/c1-4-5(2)15-9-7(4)11-3-6(8(9)12)10(13)14/h3H,1-2H3,(H,11,12)(H,13,14). The van der Waals surface area contributed by atoms with Crippen molar-refractivity contribution in [2.45, 2.75) is 13.8 Å². The van der Waals surface area contributed by atoms with Crippen LogP contribution in [0.2, 0.25) is 0 Å². The number of carboxylic acid groups (broad SMARTS) is 1. The normalized spacial score (nSPS) is 10.8. The largest absolute Gasteiger partial charge is 0.477 e. The Morgan fingerprint density at radius 3 is 2.73 bits per heavy atom. The number of carboxylic acids is 1. The Hall–Kier alpha value is -1.62. The van der Waals surface area contributed by atoms with Gasteiger partial charge in [-0.05, 0) is 19.4 Å². The second kappa shape index (κ2) is 3.20. The average molecular weight is 223 g/mol. The molecule has 0 unspecified atom stereocenters. The van der Waals surface area contributed by atoms with Crippen molar-refractivity contribution in [2.24, 2.45) is 0 Å². The third kappa shape index (κ3) is 1.35. The lowest BCUT2D eigenvalue weighted by Gasteiger charge is -1.95. The van der Waals surface area contributed by atoms with E-state index in [2.05, 4.69) is 4.98 Å². The number of aromatic nitrogens is 1. The minimum Gasteiger partial charge on any atom is -0.477 e. The highest BCUT2D eigenvalue weighted by Gasteiger charge is 2.15. The van der Waals surface area contributed by atoms with Gasteiger partial charge in [0.25, 0.3) is 0 Å². The van der Waals surface area contributed by atoms with Gasteiger partial charge in [-0.3, -0.25) is 4.79 Å². The molecular formula is C10H9NO3S. The Morgan fingerprint density at radius 2 is 2.13 bits per heavy atom. The predicted octanol–water partition coefficient (Wildman–Crippen LogP) is 1.90. The van der Waals surface area contributed by atoms with Gasteiger partial charge in [-0.25, -0.2) is 4.79 Å². The SMILES string of the molecule is Cc1sc2c(=O)c(C(=O)O)c[nH]c2c1C. The first kappa shape index (κ1) is 9.92. The summed E-state index contributed by atoms with van der Waals surface area (Å²) in [5.41, 5.74) is 1.14. The molecule has 0 spiro atoms. The van der Waals surface area contributed by atoms with Crippen LogP contribution in [0.3, 0.4) is 0 Å². The number of H-pyrrole nitrogens is 1. The maximum absolute atomic E-state index is 11.7. The number of hydrogen-bond acceptors (Lipinski definition) is 3. The van der Waals surface area contributed by atoms with Crippen LogP contribution in [0.1, 0.15) is 20.8 Å². The zero-order chi connectivity index (χ0) is 11.2. The van der Waals surface area contributed by atoms with Crippen LogP contribution < -0.4 is 5.43 Å². The van der Waals surface area contributed by atoms with Crippen LogP contribution in [0, 0.1) is 13.8 Å². The summed E-state index contributed by atoms with van der Waals surface area (Å²) < 4.78 is 0.491. The number of nitrogens with one attached hydrogen (secondary N) is 1. The molecule has 2 heterocycles. The topological polar surface area (TPSA) is 70.2 Å². The van der Waals surface area contributed by atoms with Crippen molar-refractivity contribution >= 4 is 27.5 Å². The third-order valence-corrected chi connectivity index (χ3v) is 3.63. The van der Waals surface area contributed by atoms with E-state index in [1.165, 1.54) is 17.5 Å². The quantitative estimate of drug-likeness (QED) is 0.775. The van der Waals surface area contributed by atoms with Crippen LogP contribution in [0.25, 0.3) is 10.2 Å². The fourth-order valence-corrected chi connectivity index (χ4v) is 2.53. The van der Waals surface area contributed by atoms with Crippen LogP contribution in [-0.4, -0.2) is 16.1 Å². The van der Waals surface area contributed by atoms with E-state index in [1.54, 1.807) is 0 Å². The Morgan fingerprint density at radius 1 is 1.47 bits per heavy atom. The zero-order valence-electron chi connectivity index (χ0n) is 8.25. The molecule has 78 valence electrons. The van der Waals surface area contributed by atoms with Gasteiger partial charge in [0.15, 0.2) is 0 Å². The van der Waals surface area contributed by atoms with Crippen LogP contribution in [-0.2, 0) is 0 Å². The van der Waals surface area contributed by atoms with E-state index in [0.29, 0.717) is 4.70 Å². The van der Waals surface area contributed by atoms with E-state index in [0.717, 1.165) is 16.0 Å². The molecule has 0 aromatic carbocycles. The van der Waals surface area contributed by atoms with Crippen LogP contribution in [0.15, 0.2) is 11.0 Å². The second-order valence-corrected chi connectivity index (χ2v) is 4.55. The third-order valence-electron chi connectivity index (χ3n) is 2.43. The second-order valence-electron chi connectivity index (χ2n) is 3.32. The molecule has 2 N–H and O–H groups in total. The van der Waals surface area contributed by atoms with Gasteiger partial charge < -0.3 is 10.1 Å². The lowest BCUT2D eigenvalue weighted by Crippen LogP contribution is -2.14. The fraction of sp³-hybridized carbons (Fsp3) is 0.200. The molecule has 2 aromatic rings. The van der Waals surface area contributed by atoms with E-state index in [9.17, 15) is 9.59 Å². The number of aryl methyl sites for hydroxylation is 2. The van der Waals surface area contributed by atoms with Crippen molar-refractivity contribution in [3.63, 3.8) is 0 Å². The van der Waals surface area contributed by atoms with E-state index >= 15 is 0 Å². The van der Waals surface area contributed by atoms with Gasteiger partial charge >= 0.3 is 5.97 Å². The number of aromatic carboxylic acids is 1. The first-order valence-corrected chi connectivity index (χ1v) is 5.18. The maximum Gasteiger partial charge on any atom is 0.341 e. The monoisotopic (exact) mass is 223 g/mol. The molecule has 2 aromatic heterocycles. The van der Waals surface area contributed by atoms with Crippen LogP contribution in [0.5, 0.6) is 0 Å². The number of hydrogen-bond donors (Lipinski definition) is 2. The van der Waals surface area contributed by atoms with Crippen molar-refractivity contribution in [3.05, 3.63) is 32.4 Å². The fourth-order valence-electron chi connectivity index (χ4n) is 1.45. The number of thiophene rings is 1. The molecule has 2 rings (SSSR count). The Balaban J connectivity index is 2.92. The highest BCUT2D eigenvalue weighted by Crippen LogP contribution is 2.25. The van der Waals surface area contributed by atoms with Gasteiger partial charge in [0.1, 0.15) is 5.56 Å². The van der Waals surface area contributed by atoms with Gasteiger partial charge in [-0.2, -0.15) is 0 Å². The minimum atomic E-state index is -1.19. The molecule has 5 heteroatoms. The molecule has 0 aliphatic heterocycles. The molecule has 0 bridgehead atoms. The number of aromatic amines is 1. The molecule has 0 amide bonds. The summed E-state index contributed by atoms with van der Waals surface area (Å²) in [6.45, 7) is 3.82. The van der Waals surface area contributed by atoms with Crippen molar-refractivity contribution in [3.8, 4) is 0 Å². The Kier molecular flexibility index (Phi) is 2.12. The van der Waals surface area contributed by atoms with E-state index in [-0.39, 0.29) is 5.56 Å². The molecule has 0 aliphatic carbocycles. The van der Waals surface area contributed by atoms with E-state index < -0.39 is 11.4 Å². The Bertz CT molecular complexity index is 609. The molecule has 15 heavy (non-hydrogen) atoms. The predicted molar refractivity (Wildman–Crippen MR) is 58.9 cm³/mol. The summed E-state index contributed by atoms with van der Waals surface area (Å²) >= 11 is 1.33. The highest BCUT2D eigenvalue weighted by molar-refractivity contribution is 7.19. The summed E-state index contributed by atoms with van der Waals surface area (Å²) in [5, 5.41) is 8.79. The van der Waals surface area contributed by atoms with Crippen molar-refractivity contribution in [1.82, 2.24) is 4.98 Å². The smallest absolute Gasteiger partial charge is 0.341 e. The molecule has 0 radical (unpaired) electrons. The lowest BCUT2D eigenvalue weighted by molar-refractivity contribution is 0.0695. The van der Waals surface area contributed by atoms with Gasteiger partial charge in [0, 0.05) is 11.1 Å². The number of rotatable bonds is 1. The van der Waals surface area contributed by atoms with Crippen LogP contribution in [0.4, 0.5) is 0 Å². The van der Waals surface area contributed by atoms with Gasteiger partial charge in [-0.1, -0.05) is 0 Å². The highest BCUT2D eigenvalue weighted by atomic mass is 32.1. The van der Waals surface area contributed by atoms with Crippen molar-refractivity contribution < 1.29 is 9.90 Å². The van der Waals surface area contributed by atoms with Gasteiger partial charge in [0.05, 0.1) is 10.2 Å². The van der Waals surface area contributed by atoms with E-state index in [4.69, 9.17) is 5.11 Å². The lowest BCUT2D eigenvalue weighted by atomic mass is 10.2. The number of pyridine rings is 1. The molecular weight excluding hydrogens is 214 g/mol. The molecule has 0 atom stereocenters. The summed E-state index contributed by atoms with van der Waals surface area (Å²) in [6, 6.07) is 0. The zero-order valence-corrected chi connectivity index (χ0v) is 9.07. The molecule has 0 saturated carbocycles. The summed E-state index contributed by atoms with van der Waals surface area (Å²) in [4.78, 5) is 26.4. The molecule has 0 aliphatic rings. The number of carbonyl (C=O) groups is 1. The molecule has 0 saturated heterocycles. The van der Waals surface area contributed by atoms with Crippen LogP contribution >= 0.6 is 11.3 Å². The van der Waals surface area contributed by atoms with E-state index in [1.807, 2.05) is 13.8 Å². The summed E-state index contributed by atoms with van der Waals surface area (Å²) in [5.74, 6) is -1.19. The first-order valence-electron chi connectivity index (χ1n) is 4.37. The average Bonchev–Trinajstić information content (AvgIpc) is 2.45. The molecule has 4 nitrogen and oxygen atoms in total. The summed E-state index contributed by atoms with van der Waals surface area (Å²) in [6.07, 6.45) is 1.26. The Labute approximate surface area is 89.2 Å². The number of fused-ring (bicyclic) bond motifs is 1. The first-order chi connectivity index (χ1) is 7.02. The summed E-state index contributed by atoms with van der Waals surface area (Å²) in [7, 11) is 0. The maximum atomic E-state index is 11.7. The van der Waals surface area contributed by atoms with Crippen molar-refractivity contribution in [1.29, 1.82) is 0 Å².